The lowest BCUT2D eigenvalue weighted by Gasteiger charge is -2.10. The molecule has 0 amide bonds. The van der Waals surface area contributed by atoms with Crippen LogP contribution in [0.15, 0.2) is 83.0 Å². The zero-order chi connectivity index (χ0) is 27.7. The van der Waals surface area contributed by atoms with Crippen LogP contribution >= 0.6 is 24.4 Å². The maximum Gasteiger partial charge on any atom is 0.269 e. The Bertz CT molecular complexity index is 1320. The first kappa shape index (κ1) is 27.8. The number of nitrogens with zero attached hydrogens (tertiary/aromatic N) is 4. The quantitative estimate of drug-likeness (QED) is 0.131. The molecule has 0 heterocycles. The first-order chi connectivity index (χ1) is 18.1. The van der Waals surface area contributed by atoms with Crippen LogP contribution in [0.1, 0.15) is 25.0 Å². The fourth-order valence-corrected chi connectivity index (χ4v) is 3.35. The molecule has 12 nitrogen and oxygen atoms in total. The van der Waals surface area contributed by atoms with Crippen molar-refractivity contribution in [2.45, 2.75) is 13.8 Å². The minimum Gasteiger partial charge on any atom is -0.331 e. The molecule has 0 atom stereocenters. The van der Waals surface area contributed by atoms with Gasteiger partial charge in [0.1, 0.15) is 0 Å². The molecule has 0 unspecified atom stereocenters. The Kier molecular flexibility index (Phi) is 9.45. The number of non-ortho nitro benzene ring substituents is 2. The smallest absolute Gasteiger partial charge is 0.269 e. The molecule has 14 heteroatoms. The van der Waals surface area contributed by atoms with Gasteiger partial charge in [-0.1, -0.05) is 18.2 Å². The minimum absolute atomic E-state index is 0.0141. The maximum atomic E-state index is 10.8. The number of hydrogen-bond donors (Lipinski definition) is 4. The first-order valence-corrected chi connectivity index (χ1v) is 11.8. The molecular formula is C24H22N8O4S2. The van der Waals surface area contributed by atoms with Crippen LogP contribution < -0.4 is 21.5 Å². The molecule has 0 fully saturated rings. The Morgan fingerprint density at radius 2 is 1.05 bits per heavy atom. The van der Waals surface area contributed by atoms with E-state index in [1.807, 2.05) is 38.1 Å². The zero-order valence-electron chi connectivity index (χ0n) is 20.2. The zero-order valence-corrected chi connectivity index (χ0v) is 21.8. The lowest BCUT2D eigenvalue weighted by molar-refractivity contribution is -0.385. The fraction of sp³-hybridized carbons (Fsp3) is 0.0833. The predicted molar refractivity (Wildman–Crippen MR) is 156 cm³/mol. The number of hydrogen-bond acceptors (Lipinski definition) is 8. The van der Waals surface area contributed by atoms with Crippen LogP contribution in [0.4, 0.5) is 22.7 Å². The van der Waals surface area contributed by atoms with Gasteiger partial charge in [-0.05, 0) is 79.7 Å². The summed E-state index contributed by atoms with van der Waals surface area (Å²) in [5.41, 5.74) is 9.64. The number of anilines is 2. The molecule has 0 spiro atoms. The summed E-state index contributed by atoms with van der Waals surface area (Å²) in [6.07, 6.45) is 0. The van der Waals surface area contributed by atoms with Crippen LogP contribution in [0.25, 0.3) is 0 Å². The second-order valence-electron chi connectivity index (χ2n) is 7.72. The van der Waals surface area contributed by atoms with Crippen LogP contribution in [0.5, 0.6) is 0 Å². The summed E-state index contributed by atoms with van der Waals surface area (Å²) in [5.74, 6) is 0. The molecule has 4 N–H and O–H groups in total. The standard InChI is InChI=1S/C24H22N8O4S2/c1-15(27-29-23(37)25-19-6-10-21(11-7-19)31(33)34)17-4-3-5-18(14-17)16(2)28-30-24(38)26-20-8-12-22(13-9-20)32(35)36/h3-14H,1-2H3,(H2,25,29,37)(H2,26,30,38)/b27-15+,28-16+. The number of nitrogens with one attached hydrogen (secondary N) is 4. The third-order valence-corrected chi connectivity index (χ3v) is 5.41. The monoisotopic (exact) mass is 550 g/mol. The minimum atomic E-state index is -0.475. The summed E-state index contributed by atoms with van der Waals surface area (Å²) in [6, 6.07) is 19.3. The van der Waals surface area contributed by atoms with E-state index in [9.17, 15) is 20.2 Å². The van der Waals surface area contributed by atoms with E-state index < -0.39 is 9.85 Å². The molecule has 38 heavy (non-hydrogen) atoms. The van der Waals surface area contributed by atoms with E-state index in [4.69, 9.17) is 24.4 Å². The molecule has 3 rings (SSSR count). The molecule has 0 aliphatic rings. The van der Waals surface area contributed by atoms with Crippen molar-refractivity contribution < 1.29 is 9.85 Å². The van der Waals surface area contributed by atoms with Gasteiger partial charge in [-0.2, -0.15) is 10.2 Å². The highest BCUT2D eigenvalue weighted by Gasteiger charge is 2.07. The Balaban J connectivity index is 1.57. The molecule has 0 radical (unpaired) electrons. The highest BCUT2D eigenvalue weighted by molar-refractivity contribution is 7.80. The SMILES string of the molecule is C/C(=N\NC(=S)Nc1ccc([N+](=O)[O-])cc1)c1cccc(/C(C)=N/NC(=S)Nc2ccc([N+](=O)[O-])cc2)c1. The summed E-state index contributed by atoms with van der Waals surface area (Å²) in [5, 5.41) is 36.4. The van der Waals surface area contributed by atoms with Crippen molar-refractivity contribution >= 4 is 68.8 Å². The van der Waals surface area contributed by atoms with Crippen LogP contribution in [-0.4, -0.2) is 31.5 Å². The van der Waals surface area contributed by atoms with Gasteiger partial charge in [0.05, 0.1) is 21.3 Å². The Morgan fingerprint density at radius 1 is 0.684 bits per heavy atom. The third-order valence-electron chi connectivity index (χ3n) is 5.02. The van der Waals surface area contributed by atoms with Crippen LogP contribution in [0.3, 0.4) is 0 Å². The van der Waals surface area contributed by atoms with E-state index in [-0.39, 0.29) is 21.6 Å². The van der Waals surface area contributed by atoms with Gasteiger partial charge in [0.2, 0.25) is 0 Å². The molecule has 0 bridgehead atoms. The Hall–Kier alpha value is -4.82. The van der Waals surface area contributed by atoms with E-state index in [0.717, 1.165) is 11.1 Å². The molecule has 3 aromatic carbocycles. The number of nitro groups is 2. The van der Waals surface area contributed by atoms with Crippen molar-refractivity contribution in [3.8, 4) is 0 Å². The van der Waals surface area contributed by atoms with E-state index in [0.29, 0.717) is 22.8 Å². The van der Waals surface area contributed by atoms with E-state index in [1.165, 1.54) is 24.3 Å². The first-order valence-electron chi connectivity index (χ1n) is 10.9. The fourth-order valence-electron chi connectivity index (χ4n) is 3.02. The van der Waals surface area contributed by atoms with Crippen molar-refractivity contribution in [2.75, 3.05) is 10.6 Å². The van der Waals surface area contributed by atoms with Gasteiger partial charge < -0.3 is 10.6 Å². The van der Waals surface area contributed by atoms with E-state index in [1.54, 1.807) is 24.3 Å². The molecule has 0 saturated heterocycles. The van der Waals surface area contributed by atoms with Gasteiger partial charge in [0, 0.05) is 35.6 Å². The Morgan fingerprint density at radius 3 is 1.39 bits per heavy atom. The van der Waals surface area contributed by atoms with E-state index >= 15 is 0 Å². The van der Waals surface area contributed by atoms with E-state index in [2.05, 4.69) is 31.7 Å². The lowest BCUT2D eigenvalue weighted by atomic mass is 10.1. The van der Waals surface area contributed by atoms with Crippen molar-refractivity contribution in [1.82, 2.24) is 10.9 Å². The van der Waals surface area contributed by atoms with Gasteiger partial charge in [-0.3, -0.25) is 31.1 Å². The molecular weight excluding hydrogens is 528 g/mol. The largest absolute Gasteiger partial charge is 0.331 e. The van der Waals surface area contributed by atoms with Crippen LogP contribution in [-0.2, 0) is 0 Å². The highest BCUT2D eigenvalue weighted by atomic mass is 32.1. The van der Waals surface area contributed by atoms with Crippen molar-refractivity contribution in [1.29, 1.82) is 0 Å². The molecule has 0 saturated carbocycles. The highest BCUT2D eigenvalue weighted by Crippen LogP contribution is 2.16. The number of rotatable bonds is 8. The van der Waals surface area contributed by atoms with Gasteiger partial charge in [-0.25, -0.2) is 0 Å². The summed E-state index contributed by atoms with van der Waals surface area (Å²) in [6.45, 7) is 3.63. The molecule has 194 valence electrons. The van der Waals surface area contributed by atoms with Gasteiger partial charge in [0.25, 0.3) is 11.4 Å². The third kappa shape index (κ3) is 8.11. The van der Waals surface area contributed by atoms with Gasteiger partial charge in [0.15, 0.2) is 10.2 Å². The second kappa shape index (κ2) is 12.9. The van der Waals surface area contributed by atoms with Crippen molar-refractivity contribution in [3.63, 3.8) is 0 Å². The summed E-state index contributed by atoms with van der Waals surface area (Å²) < 4.78 is 0. The van der Waals surface area contributed by atoms with Crippen molar-refractivity contribution in [2.24, 2.45) is 10.2 Å². The average Bonchev–Trinajstić information content (AvgIpc) is 2.91. The second-order valence-corrected chi connectivity index (χ2v) is 8.53. The summed E-state index contributed by atoms with van der Waals surface area (Å²) in [4.78, 5) is 20.6. The van der Waals surface area contributed by atoms with Crippen LogP contribution in [0.2, 0.25) is 0 Å². The molecule has 3 aromatic rings. The van der Waals surface area contributed by atoms with Crippen molar-refractivity contribution in [3.05, 3.63) is 104 Å². The maximum absolute atomic E-state index is 10.8. The molecule has 0 aliphatic carbocycles. The summed E-state index contributed by atoms with van der Waals surface area (Å²) in [7, 11) is 0. The number of hydrazone groups is 2. The number of nitro benzene ring substituents is 2. The lowest BCUT2D eigenvalue weighted by Crippen LogP contribution is -2.25. The molecule has 0 aliphatic heterocycles. The number of benzene rings is 3. The summed E-state index contributed by atoms with van der Waals surface area (Å²) >= 11 is 10.5. The topological polar surface area (TPSA) is 159 Å². The van der Waals surface area contributed by atoms with Crippen LogP contribution in [0, 0.1) is 20.2 Å². The average molecular weight is 551 g/mol. The number of thiocarbonyl (C=S) groups is 2. The molecule has 0 aromatic heterocycles. The van der Waals surface area contributed by atoms with Gasteiger partial charge in [-0.15, -0.1) is 0 Å². The van der Waals surface area contributed by atoms with Gasteiger partial charge >= 0.3 is 0 Å². The predicted octanol–water partition coefficient (Wildman–Crippen LogP) is 4.92. The normalized spacial score (nSPS) is 11.3. The Labute approximate surface area is 228 Å².